The first-order chi connectivity index (χ1) is 10.2. The van der Waals surface area contributed by atoms with E-state index in [1.54, 1.807) is 7.11 Å². The number of nitrogens with one attached hydrogen (secondary N) is 1. The van der Waals surface area contributed by atoms with Crippen molar-refractivity contribution >= 4 is 5.82 Å². The van der Waals surface area contributed by atoms with Crippen LogP contribution in [0.5, 0.6) is 5.88 Å². The second kappa shape index (κ2) is 10.3. The summed E-state index contributed by atoms with van der Waals surface area (Å²) >= 11 is 0. The van der Waals surface area contributed by atoms with Gasteiger partial charge in [-0.2, -0.15) is 4.98 Å². The second-order valence-electron chi connectivity index (χ2n) is 4.37. The normalized spacial score (nSPS) is 10.7. The molecule has 0 atom stereocenters. The van der Waals surface area contributed by atoms with Crippen molar-refractivity contribution in [2.45, 2.75) is 13.8 Å². The van der Waals surface area contributed by atoms with Crippen LogP contribution in [0.15, 0.2) is 0 Å². The van der Waals surface area contributed by atoms with Crippen molar-refractivity contribution < 1.29 is 18.9 Å². The molecular formula is C14H25N3O4. The maximum Gasteiger partial charge on any atom is 0.221 e. The smallest absolute Gasteiger partial charge is 0.221 e. The lowest BCUT2D eigenvalue weighted by molar-refractivity contribution is 0.0176. The fourth-order valence-corrected chi connectivity index (χ4v) is 1.65. The Morgan fingerprint density at radius 1 is 0.905 bits per heavy atom. The van der Waals surface area contributed by atoms with Gasteiger partial charge in [0, 0.05) is 14.2 Å². The SMILES string of the molecule is CNc1nc(C)nc(OCCOCCOCCOC)c1C. The van der Waals surface area contributed by atoms with Crippen molar-refractivity contribution in [1.82, 2.24) is 9.97 Å². The zero-order valence-electron chi connectivity index (χ0n) is 13.3. The minimum atomic E-state index is 0.443. The molecule has 1 heterocycles. The van der Waals surface area contributed by atoms with Crippen molar-refractivity contribution in [1.29, 1.82) is 0 Å². The molecule has 120 valence electrons. The highest BCUT2D eigenvalue weighted by atomic mass is 16.6. The number of aryl methyl sites for hydroxylation is 1. The van der Waals surface area contributed by atoms with Crippen molar-refractivity contribution in [2.75, 3.05) is 59.1 Å². The lowest BCUT2D eigenvalue weighted by atomic mass is 10.3. The Labute approximate surface area is 126 Å². The lowest BCUT2D eigenvalue weighted by Gasteiger charge is -2.12. The topological polar surface area (TPSA) is 74.7 Å². The van der Waals surface area contributed by atoms with Crippen LogP contribution < -0.4 is 10.1 Å². The van der Waals surface area contributed by atoms with E-state index in [4.69, 9.17) is 18.9 Å². The number of aromatic nitrogens is 2. The van der Waals surface area contributed by atoms with E-state index in [1.165, 1.54) is 0 Å². The number of ether oxygens (including phenoxy) is 4. The van der Waals surface area contributed by atoms with Crippen LogP contribution >= 0.6 is 0 Å². The highest BCUT2D eigenvalue weighted by Crippen LogP contribution is 2.21. The zero-order valence-corrected chi connectivity index (χ0v) is 13.3. The summed E-state index contributed by atoms with van der Waals surface area (Å²) in [5, 5.41) is 3.02. The highest BCUT2D eigenvalue weighted by Gasteiger charge is 2.08. The molecule has 1 aromatic heterocycles. The molecule has 0 unspecified atom stereocenters. The maximum absolute atomic E-state index is 5.63. The van der Waals surface area contributed by atoms with Gasteiger partial charge in [-0.25, -0.2) is 4.98 Å². The van der Waals surface area contributed by atoms with E-state index in [9.17, 15) is 0 Å². The van der Waals surface area contributed by atoms with Gasteiger partial charge >= 0.3 is 0 Å². The molecule has 0 amide bonds. The molecule has 21 heavy (non-hydrogen) atoms. The quantitative estimate of drug-likeness (QED) is 0.615. The van der Waals surface area contributed by atoms with E-state index >= 15 is 0 Å². The third-order valence-electron chi connectivity index (χ3n) is 2.72. The van der Waals surface area contributed by atoms with Crippen molar-refractivity contribution in [2.24, 2.45) is 0 Å². The van der Waals surface area contributed by atoms with Gasteiger partial charge in [0.2, 0.25) is 5.88 Å². The Morgan fingerprint density at radius 2 is 1.52 bits per heavy atom. The fraction of sp³-hybridized carbons (Fsp3) is 0.714. The van der Waals surface area contributed by atoms with E-state index in [0.717, 1.165) is 11.4 Å². The predicted molar refractivity (Wildman–Crippen MR) is 80.1 cm³/mol. The molecule has 0 radical (unpaired) electrons. The Morgan fingerprint density at radius 3 is 2.14 bits per heavy atom. The van der Waals surface area contributed by atoms with Gasteiger partial charge in [0.15, 0.2) is 0 Å². The number of hydrogen-bond donors (Lipinski definition) is 1. The number of nitrogens with zero attached hydrogens (tertiary/aromatic N) is 2. The van der Waals surface area contributed by atoms with Crippen LogP contribution in [-0.4, -0.2) is 63.8 Å². The number of rotatable bonds is 11. The minimum absolute atomic E-state index is 0.443. The van der Waals surface area contributed by atoms with E-state index in [-0.39, 0.29) is 0 Å². The number of methoxy groups -OCH3 is 1. The molecule has 0 aromatic carbocycles. The second-order valence-corrected chi connectivity index (χ2v) is 4.37. The van der Waals surface area contributed by atoms with Gasteiger partial charge in [-0.15, -0.1) is 0 Å². The number of hydrogen-bond acceptors (Lipinski definition) is 7. The monoisotopic (exact) mass is 299 g/mol. The van der Waals surface area contributed by atoms with Crippen LogP contribution in [0.3, 0.4) is 0 Å². The summed E-state index contributed by atoms with van der Waals surface area (Å²) in [5.74, 6) is 2.05. The van der Waals surface area contributed by atoms with Crippen molar-refractivity contribution in [3.05, 3.63) is 11.4 Å². The van der Waals surface area contributed by atoms with Gasteiger partial charge in [0.25, 0.3) is 0 Å². The van der Waals surface area contributed by atoms with E-state index in [0.29, 0.717) is 51.3 Å². The van der Waals surface area contributed by atoms with Crippen LogP contribution in [0, 0.1) is 13.8 Å². The maximum atomic E-state index is 5.63. The molecule has 1 aromatic rings. The molecule has 0 aliphatic rings. The summed E-state index contributed by atoms with van der Waals surface area (Å²) in [6, 6.07) is 0. The first-order valence-corrected chi connectivity index (χ1v) is 6.99. The fourth-order valence-electron chi connectivity index (χ4n) is 1.65. The molecule has 1 N–H and O–H groups in total. The molecule has 7 nitrogen and oxygen atoms in total. The summed E-state index contributed by atoms with van der Waals surface area (Å²) in [5.41, 5.74) is 0.894. The summed E-state index contributed by atoms with van der Waals surface area (Å²) in [7, 11) is 3.47. The number of anilines is 1. The molecule has 0 aliphatic carbocycles. The van der Waals surface area contributed by atoms with E-state index < -0.39 is 0 Å². The summed E-state index contributed by atoms with van der Waals surface area (Å²) in [6.45, 7) is 6.97. The third-order valence-corrected chi connectivity index (χ3v) is 2.72. The van der Waals surface area contributed by atoms with Crippen LogP contribution in [0.4, 0.5) is 5.82 Å². The minimum Gasteiger partial charge on any atom is -0.475 e. The molecule has 0 fully saturated rings. The van der Waals surface area contributed by atoms with E-state index in [1.807, 2.05) is 20.9 Å². The summed E-state index contributed by atoms with van der Waals surface area (Å²) < 4.78 is 21.2. The first kappa shape index (κ1) is 17.6. The predicted octanol–water partition coefficient (Wildman–Crippen LogP) is 1.19. The van der Waals surface area contributed by atoms with Crippen molar-refractivity contribution in [3.8, 4) is 5.88 Å². The lowest BCUT2D eigenvalue weighted by Crippen LogP contribution is -2.13. The largest absolute Gasteiger partial charge is 0.475 e. The summed E-state index contributed by atoms with van der Waals surface area (Å²) in [4.78, 5) is 8.57. The molecule has 1 rings (SSSR count). The average molecular weight is 299 g/mol. The highest BCUT2D eigenvalue weighted by molar-refractivity contribution is 5.47. The van der Waals surface area contributed by atoms with Gasteiger partial charge in [0.05, 0.1) is 38.6 Å². The Hall–Kier alpha value is -1.44. The summed E-state index contributed by atoms with van der Waals surface area (Å²) in [6.07, 6.45) is 0. The van der Waals surface area contributed by atoms with Crippen LogP contribution in [-0.2, 0) is 14.2 Å². The van der Waals surface area contributed by atoms with Crippen molar-refractivity contribution in [3.63, 3.8) is 0 Å². The van der Waals surface area contributed by atoms with Crippen LogP contribution in [0.1, 0.15) is 11.4 Å². The zero-order chi connectivity index (χ0) is 15.5. The molecule has 7 heteroatoms. The molecule has 0 bridgehead atoms. The molecule has 0 aliphatic heterocycles. The third kappa shape index (κ3) is 6.70. The van der Waals surface area contributed by atoms with Crippen LogP contribution in [0.25, 0.3) is 0 Å². The standard InChI is InChI=1S/C14H25N3O4/c1-11-13(15-3)16-12(2)17-14(11)21-10-9-20-8-7-19-6-5-18-4/h5-10H2,1-4H3,(H,15,16,17). The first-order valence-electron chi connectivity index (χ1n) is 6.99. The Kier molecular flexibility index (Phi) is 8.65. The van der Waals surface area contributed by atoms with Crippen LogP contribution in [0.2, 0.25) is 0 Å². The van der Waals surface area contributed by atoms with Gasteiger partial charge in [-0.3, -0.25) is 0 Å². The van der Waals surface area contributed by atoms with Gasteiger partial charge in [-0.05, 0) is 13.8 Å². The molecule has 0 saturated heterocycles. The average Bonchev–Trinajstić information content (AvgIpc) is 2.48. The van der Waals surface area contributed by atoms with Gasteiger partial charge in [-0.1, -0.05) is 0 Å². The van der Waals surface area contributed by atoms with E-state index in [2.05, 4.69) is 15.3 Å². The Balaban J connectivity index is 2.20. The molecule has 0 saturated carbocycles. The van der Waals surface area contributed by atoms with Gasteiger partial charge < -0.3 is 24.3 Å². The molecule has 0 spiro atoms. The van der Waals surface area contributed by atoms with Gasteiger partial charge in [0.1, 0.15) is 18.2 Å². The Bertz CT molecular complexity index is 415. The molecular weight excluding hydrogens is 274 g/mol.